The van der Waals surface area contributed by atoms with Crippen molar-refractivity contribution in [1.82, 2.24) is 0 Å². The molecule has 0 atom stereocenters. The molecule has 2 nitrogen and oxygen atoms in total. The summed E-state index contributed by atoms with van der Waals surface area (Å²) < 4.78 is 2.56. The zero-order chi connectivity index (χ0) is 41.0. The highest BCUT2D eigenvalue weighted by molar-refractivity contribution is 7.26. The quantitative estimate of drug-likeness (QED) is 0.148. The van der Waals surface area contributed by atoms with Crippen LogP contribution in [0.2, 0.25) is 0 Å². The largest absolute Gasteiger partial charge is 0.311 e. The Morgan fingerprint density at radius 3 is 1.76 bits per heavy atom. The molecular formula is C58H40N2SSi. The van der Waals surface area contributed by atoms with Crippen molar-refractivity contribution in [2.75, 3.05) is 9.80 Å². The van der Waals surface area contributed by atoms with E-state index in [0.717, 1.165) is 17.1 Å². The molecule has 292 valence electrons. The average molecular weight is 825 g/mol. The van der Waals surface area contributed by atoms with Crippen molar-refractivity contribution in [1.29, 1.82) is 0 Å². The predicted molar refractivity (Wildman–Crippen MR) is 269 cm³/mol. The standard InChI is InChI=1S/C58H40N2SSi/c1-4-20-43(21-5-1)60-52-30-13-15-33-56(52)62(46-22-6-2-7-23-46,47-24-8-3-9-25-47)57-39-38-45(40-54(57)60)59(53-31-17-29-51-50-27-12-14-32-55(50)61-58(51)53)44-36-34-42(35-37-44)49-28-16-19-41-18-10-11-26-48(41)49/h1-40H. The van der Waals surface area contributed by atoms with Crippen molar-refractivity contribution < 1.29 is 0 Å². The molecule has 11 aromatic rings. The van der Waals surface area contributed by atoms with Gasteiger partial charge in [-0.25, -0.2) is 0 Å². The van der Waals surface area contributed by atoms with Crippen LogP contribution in [0.15, 0.2) is 243 Å². The molecule has 4 heteroatoms. The first-order valence-corrected chi connectivity index (χ1v) is 24.1. The van der Waals surface area contributed by atoms with Gasteiger partial charge < -0.3 is 9.80 Å². The lowest BCUT2D eigenvalue weighted by atomic mass is 9.98. The normalized spacial score (nSPS) is 12.9. The van der Waals surface area contributed by atoms with Crippen molar-refractivity contribution in [3.05, 3.63) is 243 Å². The summed E-state index contributed by atoms with van der Waals surface area (Å²) in [4.78, 5) is 5.00. The Morgan fingerprint density at radius 1 is 0.403 bits per heavy atom. The van der Waals surface area contributed by atoms with Gasteiger partial charge in [0.1, 0.15) is 0 Å². The van der Waals surface area contributed by atoms with E-state index < -0.39 is 8.07 Å². The Balaban J connectivity index is 1.14. The molecule has 12 rings (SSSR count). The van der Waals surface area contributed by atoms with Gasteiger partial charge in [-0.2, -0.15) is 0 Å². The van der Waals surface area contributed by atoms with E-state index in [2.05, 4.69) is 252 Å². The number of hydrogen-bond acceptors (Lipinski definition) is 3. The van der Waals surface area contributed by atoms with E-state index in [1.54, 1.807) is 0 Å². The van der Waals surface area contributed by atoms with Crippen LogP contribution in [0.3, 0.4) is 0 Å². The fourth-order valence-electron chi connectivity index (χ4n) is 10.0. The van der Waals surface area contributed by atoms with Crippen molar-refractivity contribution in [3.8, 4) is 11.1 Å². The van der Waals surface area contributed by atoms with Gasteiger partial charge in [0, 0.05) is 43.9 Å². The predicted octanol–water partition coefficient (Wildman–Crippen LogP) is 13.5. The Kier molecular flexibility index (Phi) is 8.73. The molecule has 1 aliphatic rings. The van der Waals surface area contributed by atoms with E-state index in [0.29, 0.717) is 0 Å². The minimum Gasteiger partial charge on any atom is -0.311 e. The molecule has 62 heavy (non-hydrogen) atoms. The van der Waals surface area contributed by atoms with Crippen molar-refractivity contribution in [3.63, 3.8) is 0 Å². The van der Waals surface area contributed by atoms with E-state index in [1.807, 2.05) is 11.3 Å². The zero-order valence-electron chi connectivity index (χ0n) is 33.9. The third-order valence-electron chi connectivity index (χ3n) is 12.7. The van der Waals surface area contributed by atoms with Gasteiger partial charge >= 0.3 is 0 Å². The second-order valence-electron chi connectivity index (χ2n) is 16.0. The highest BCUT2D eigenvalue weighted by Gasteiger charge is 2.49. The first-order chi connectivity index (χ1) is 30.8. The maximum absolute atomic E-state index is 2.86. The molecule has 0 aliphatic carbocycles. The summed E-state index contributed by atoms with van der Waals surface area (Å²) in [6.45, 7) is 0. The van der Waals surface area contributed by atoms with E-state index in [-0.39, 0.29) is 0 Å². The van der Waals surface area contributed by atoms with Gasteiger partial charge in [-0.05, 0) is 97.2 Å². The Morgan fingerprint density at radius 2 is 0.984 bits per heavy atom. The molecular weight excluding hydrogens is 785 g/mol. The molecule has 0 spiro atoms. The van der Waals surface area contributed by atoms with Crippen LogP contribution in [0.1, 0.15) is 0 Å². The van der Waals surface area contributed by atoms with Gasteiger partial charge in [0.25, 0.3) is 0 Å². The summed E-state index contributed by atoms with van der Waals surface area (Å²) >= 11 is 1.87. The molecule has 0 radical (unpaired) electrons. The van der Waals surface area contributed by atoms with Crippen molar-refractivity contribution >= 4 is 105 Å². The SMILES string of the molecule is c1ccc(N2c3ccccc3[Si](c3ccccc3)(c3ccccc3)c3ccc(N(c4ccc(-c5cccc6ccccc56)cc4)c4cccc5c4sc4ccccc45)cc32)cc1. The van der Waals surface area contributed by atoms with E-state index in [1.165, 1.54) is 79.9 Å². The lowest BCUT2D eigenvalue weighted by Gasteiger charge is -2.45. The van der Waals surface area contributed by atoms with Crippen LogP contribution >= 0.6 is 11.3 Å². The maximum atomic E-state index is 2.51. The number of nitrogens with zero attached hydrogens (tertiary/aromatic N) is 2. The molecule has 10 aromatic carbocycles. The Hall–Kier alpha value is -7.50. The molecule has 0 bridgehead atoms. The Labute approximate surface area is 366 Å². The maximum Gasteiger partial charge on any atom is 0.184 e. The molecule has 1 aromatic heterocycles. The third-order valence-corrected chi connectivity index (χ3v) is 18.8. The van der Waals surface area contributed by atoms with Crippen LogP contribution in [-0.2, 0) is 0 Å². The van der Waals surface area contributed by atoms with Gasteiger partial charge in [-0.1, -0.05) is 188 Å². The van der Waals surface area contributed by atoms with Crippen LogP contribution in [0, 0.1) is 0 Å². The Bertz CT molecular complexity index is 3370. The summed E-state index contributed by atoms with van der Waals surface area (Å²) in [6.07, 6.45) is 0. The monoisotopic (exact) mass is 824 g/mol. The van der Waals surface area contributed by atoms with E-state index in [9.17, 15) is 0 Å². The smallest absolute Gasteiger partial charge is 0.184 e. The summed E-state index contributed by atoms with van der Waals surface area (Å²) in [5, 5.41) is 10.6. The first kappa shape index (κ1) is 36.4. The first-order valence-electron chi connectivity index (χ1n) is 21.3. The molecule has 0 amide bonds. The summed E-state index contributed by atoms with van der Waals surface area (Å²) in [6, 6.07) is 90.0. The highest BCUT2D eigenvalue weighted by atomic mass is 32.1. The molecule has 2 heterocycles. The van der Waals surface area contributed by atoms with Gasteiger partial charge in [-0.3, -0.25) is 0 Å². The van der Waals surface area contributed by atoms with Crippen LogP contribution in [0.5, 0.6) is 0 Å². The summed E-state index contributed by atoms with van der Waals surface area (Å²) in [5.74, 6) is 0. The number of fused-ring (bicyclic) bond motifs is 6. The van der Waals surface area contributed by atoms with Crippen LogP contribution in [0.4, 0.5) is 34.1 Å². The highest BCUT2D eigenvalue weighted by Crippen LogP contribution is 2.47. The second-order valence-corrected chi connectivity index (χ2v) is 20.8. The van der Waals surface area contributed by atoms with Gasteiger partial charge in [0.05, 0.1) is 10.4 Å². The van der Waals surface area contributed by atoms with Gasteiger partial charge in [0.2, 0.25) is 0 Å². The van der Waals surface area contributed by atoms with E-state index >= 15 is 0 Å². The second kappa shape index (κ2) is 14.9. The van der Waals surface area contributed by atoms with Crippen LogP contribution in [0.25, 0.3) is 42.1 Å². The molecule has 0 saturated carbocycles. The minimum absolute atomic E-state index is 1.11. The van der Waals surface area contributed by atoms with Gasteiger partial charge in [-0.15, -0.1) is 11.3 Å². The average Bonchev–Trinajstić information content (AvgIpc) is 3.74. The molecule has 0 N–H and O–H groups in total. The van der Waals surface area contributed by atoms with Crippen molar-refractivity contribution in [2.45, 2.75) is 0 Å². The number of benzene rings is 10. The number of rotatable bonds is 7. The van der Waals surface area contributed by atoms with Crippen molar-refractivity contribution in [2.24, 2.45) is 0 Å². The molecule has 1 aliphatic heterocycles. The number of para-hydroxylation sites is 2. The van der Waals surface area contributed by atoms with Crippen LogP contribution < -0.4 is 30.5 Å². The number of anilines is 6. The molecule has 0 fully saturated rings. The lowest BCUT2D eigenvalue weighted by molar-refractivity contribution is 1.26. The minimum atomic E-state index is -2.86. The lowest BCUT2D eigenvalue weighted by Crippen LogP contribution is -2.77. The zero-order valence-corrected chi connectivity index (χ0v) is 35.7. The van der Waals surface area contributed by atoms with E-state index in [4.69, 9.17) is 0 Å². The topological polar surface area (TPSA) is 6.48 Å². The number of thiophene rings is 1. The summed E-state index contributed by atoms with van der Waals surface area (Å²) in [5.41, 5.74) is 9.38. The van der Waals surface area contributed by atoms with Gasteiger partial charge in [0.15, 0.2) is 8.07 Å². The fourth-order valence-corrected chi connectivity index (χ4v) is 16.3. The summed E-state index contributed by atoms with van der Waals surface area (Å²) in [7, 11) is -2.86. The molecule has 0 saturated heterocycles. The third kappa shape index (κ3) is 5.68. The number of hydrogen-bond donors (Lipinski definition) is 0. The van der Waals surface area contributed by atoms with Crippen LogP contribution in [-0.4, -0.2) is 8.07 Å². The molecule has 0 unspecified atom stereocenters. The fraction of sp³-hybridized carbons (Fsp3) is 0.